The van der Waals surface area contributed by atoms with Crippen LogP contribution in [0.1, 0.15) is 0 Å². The number of methoxy groups -OCH3 is 2. The molecule has 0 amide bonds. The quantitative estimate of drug-likeness (QED) is 0.592. The van der Waals surface area contributed by atoms with Crippen LogP contribution in [0.25, 0.3) is 0 Å². The summed E-state index contributed by atoms with van der Waals surface area (Å²) in [6.45, 7) is 0. The number of para-hydroxylation sites is 1. The van der Waals surface area contributed by atoms with Gasteiger partial charge in [-0.1, -0.05) is 6.07 Å². The van der Waals surface area contributed by atoms with Gasteiger partial charge < -0.3 is 14.2 Å². The molecule has 2 aromatic rings. The van der Waals surface area contributed by atoms with Crippen molar-refractivity contribution in [3.63, 3.8) is 0 Å². The van der Waals surface area contributed by atoms with E-state index in [2.05, 4.69) is 0 Å². The van der Waals surface area contributed by atoms with Crippen molar-refractivity contribution >= 4 is 11.4 Å². The Morgan fingerprint density at radius 2 is 1.48 bits per heavy atom. The van der Waals surface area contributed by atoms with Gasteiger partial charge in [-0.2, -0.15) is 0 Å². The Labute approximate surface area is 130 Å². The highest BCUT2D eigenvalue weighted by molar-refractivity contribution is 5.58. The molecule has 0 saturated carbocycles. The smallest absolute Gasteiger partial charge is 0.318 e. The van der Waals surface area contributed by atoms with Crippen LogP contribution < -0.4 is 14.2 Å². The van der Waals surface area contributed by atoms with E-state index in [4.69, 9.17) is 14.2 Å². The van der Waals surface area contributed by atoms with Gasteiger partial charge in [-0.15, -0.1) is 0 Å². The molecule has 120 valence electrons. The number of rotatable bonds is 6. The van der Waals surface area contributed by atoms with Crippen LogP contribution in [-0.2, 0) is 0 Å². The van der Waals surface area contributed by atoms with Gasteiger partial charge in [-0.25, -0.2) is 0 Å². The normalized spacial score (nSPS) is 10.0. The van der Waals surface area contributed by atoms with E-state index in [-0.39, 0.29) is 11.5 Å². The second-order valence-corrected chi connectivity index (χ2v) is 4.26. The standard InChI is InChI=1S/C14H12N2O7/c1-21-12-4-3-5-13(22-2)14(12)23-11-7-6-9(15(17)18)8-10(11)16(19)20/h3-8H,1-2H3. The Morgan fingerprint density at radius 3 is 1.96 bits per heavy atom. The fourth-order valence-corrected chi connectivity index (χ4v) is 1.88. The third-order valence-corrected chi connectivity index (χ3v) is 2.94. The van der Waals surface area contributed by atoms with Crippen molar-refractivity contribution in [2.75, 3.05) is 14.2 Å². The summed E-state index contributed by atoms with van der Waals surface area (Å²) in [6.07, 6.45) is 0. The van der Waals surface area contributed by atoms with E-state index in [0.29, 0.717) is 11.5 Å². The van der Waals surface area contributed by atoms with E-state index < -0.39 is 21.2 Å². The lowest BCUT2D eigenvalue weighted by Crippen LogP contribution is -1.98. The van der Waals surface area contributed by atoms with Crippen LogP contribution in [0.5, 0.6) is 23.0 Å². The molecule has 2 aromatic carbocycles. The molecule has 0 aliphatic heterocycles. The van der Waals surface area contributed by atoms with Crippen molar-refractivity contribution < 1.29 is 24.1 Å². The van der Waals surface area contributed by atoms with E-state index in [9.17, 15) is 20.2 Å². The Kier molecular flexibility index (Phi) is 4.60. The molecule has 0 heterocycles. The average Bonchev–Trinajstić information content (AvgIpc) is 2.54. The van der Waals surface area contributed by atoms with Crippen LogP contribution in [0.15, 0.2) is 36.4 Å². The highest BCUT2D eigenvalue weighted by Crippen LogP contribution is 2.43. The van der Waals surface area contributed by atoms with E-state index in [1.54, 1.807) is 18.2 Å². The topological polar surface area (TPSA) is 114 Å². The molecule has 0 N–H and O–H groups in total. The number of hydrogen-bond donors (Lipinski definition) is 0. The van der Waals surface area contributed by atoms with Gasteiger partial charge in [0.15, 0.2) is 11.5 Å². The number of benzene rings is 2. The molecule has 0 aliphatic carbocycles. The summed E-state index contributed by atoms with van der Waals surface area (Å²) in [5.74, 6) is 0.576. The molecule has 23 heavy (non-hydrogen) atoms. The zero-order chi connectivity index (χ0) is 17.0. The molecule has 0 aromatic heterocycles. The van der Waals surface area contributed by atoms with Crippen molar-refractivity contribution in [1.82, 2.24) is 0 Å². The third kappa shape index (κ3) is 3.28. The van der Waals surface area contributed by atoms with Gasteiger partial charge in [0.2, 0.25) is 11.5 Å². The maximum atomic E-state index is 11.1. The zero-order valence-electron chi connectivity index (χ0n) is 12.2. The van der Waals surface area contributed by atoms with E-state index in [1.165, 1.54) is 14.2 Å². The van der Waals surface area contributed by atoms with Crippen LogP contribution in [0.2, 0.25) is 0 Å². The molecule has 0 saturated heterocycles. The zero-order valence-corrected chi connectivity index (χ0v) is 12.2. The van der Waals surface area contributed by atoms with Crippen LogP contribution in [0, 0.1) is 20.2 Å². The van der Waals surface area contributed by atoms with Gasteiger partial charge >= 0.3 is 5.69 Å². The summed E-state index contributed by atoms with van der Waals surface area (Å²) in [5, 5.41) is 21.9. The minimum absolute atomic E-state index is 0.134. The van der Waals surface area contributed by atoms with E-state index >= 15 is 0 Å². The second-order valence-electron chi connectivity index (χ2n) is 4.26. The lowest BCUT2D eigenvalue weighted by Gasteiger charge is -2.13. The highest BCUT2D eigenvalue weighted by Gasteiger charge is 2.23. The maximum absolute atomic E-state index is 11.1. The average molecular weight is 320 g/mol. The van der Waals surface area contributed by atoms with Gasteiger partial charge in [-0.05, 0) is 18.2 Å². The maximum Gasteiger partial charge on any atom is 0.318 e. The Bertz CT molecular complexity index is 739. The van der Waals surface area contributed by atoms with Crippen LogP contribution in [0.4, 0.5) is 11.4 Å². The summed E-state index contributed by atoms with van der Waals surface area (Å²) in [7, 11) is 2.82. The van der Waals surface area contributed by atoms with Crippen LogP contribution >= 0.6 is 0 Å². The second kappa shape index (κ2) is 6.60. The Balaban J connectivity index is 2.52. The monoisotopic (exact) mass is 320 g/mol. The molecular weight excluding hydrogens is 308 g/mol. The SMILES string of the molecule is COc1cccc(OC)c1Oc1ccc([N+](=O)[O-])cc1[N+](=O)[O-]. The van der Waals surface area contributed by atoms with Crippen molar-refractivity contribution in [3.8, 4) is 23.0 Å². The molecule has 0 bridgehead atoms. The van der Waals surface area contributed by atoms with Crippen molar-refractivity contribution in [3.05, 3.63) is 56.6 Å². The molecule has 2 rings (SSSR count). The largest absolute Gasteiger partial charge is 0.493 e. The van der Waals surface area contributed by atoms with Gasteiger partial charge in [-0.3, -0.25) is 20.2 Å². The number of nitrogens with zero attached hydrogens (tertiary/aromatic N) is 2. The first-order valence-corrected chi connectivity index (χ1v) is 6.29. The third-order valence-electron chi connectivity index (χ3n) is 2.94. The summed E-state index contributed by atoms with van der Waals surface area (Å²) in [5.41, 5.74) is -0.941. The lowest BCUT2D eigenvalue weighted by molar-refractivity contribution is -0.394. The Hall–Kier alpha value is -3.36. The van der Waals surface area contributed by atoms with E-state index in [1.807, 2.05) is 0 Å². The summed E-state index contributed by atoms with van der Waals surface area (Å²) >= 11 is 0. The molecular formula is C14H12N2O7. The lowest BCUT2D eigenvalue weighted by atomic mass is 10.2. The number of nitro groups is 2. The molecule has 9 heteroatoms. The van der Waals surface area contributed by atoms with Crippen LogP contribution in [0.3, 0.4) is 0 Å². The number of ether oxygens (including phenoxy) is 3. The fraction of sp³-hybridized carbons (Fsp3) is 0.143. The molecule has 0 fully saturated rings. The molecule has 0 unspecified atom stereocenters. The number of hydrogen-bond acceptors (Lipinski definition) is 7. The predicted octanol–water partition coefficient (Wildman–Crippen LogP) is 3.31. The van der Waals surface area contributed by atoms with Gasteiger partial charge in [0.1, 0.15) is 0 Å². The summed E-state index contributed by atoms with van der Waals surface area (Å²) in [4.78, 5) is 20.4. The van der Waals surface area contributed by atoms with Gasteiger partial charge in [0, 0.05) is 6.07 Å². The Morgan fingerprint density at radius 1 is 0.870 bits per heavy atom. The predicted molar refractivity (Wildman–Crippen MR) is 79.4 cm³/mol. The first-order chi connectivity index (χ1) is 11.0. The molecule has 0 radical (unpaired) electrons. The molecule has 0 atom stereocenters. The minimum atomic E-state index is -0.760. The van der Waals surface area contributed by atoms with Crippen molar-refractivity contribution in [1.29, 1.82) is 0 Å². The number of non-ortho nitro benzene ring substituents is 1. The van der Waals surface area contributed by atoms with E-state index in [0.717, 1.165) is 18.2 Å². The fourth-order valence-electron chi connectivity index (χ4n) is 1.88. The minimum Gasteiger partial charge on any atom is -0.493 e. The molecule has 0 spiro atoms. The van der Waals surface area contributed by atoms with Gasteiger partial charge in [0.05, 0.1) is 30.1 Å². The van der Waals surface area contributed by atoms with Crippen molar-refractivity contribution in [2.45, 2.75) is 0 Å². The van der Waals surface area contributed by atoms with Crippen molar-refractivity contribution in [2.24, 2.45) is 0 Å². The highest BCUT2D eigenvalue weighted by atomic mass is 16.6. The van der Waals surface area contributed by atoms with Crippen LogP contribution in [-0.4, -0.2) is 24.1 Å². The van der Waals surface area contributed by atoms with Gasteiger partial charge in [0.25, 0.3) is 5.69 Å². The molecule has 0 aliphatic rings. The molecule has 9 nitrogen and oxygen atoms in total. The number of nitro benzene ring substituents is 2. The summed E-state index contributed by atoms with van der Waals surface area (Å²) < 4.78 is 15.8. The first kappa shape index (κ1) is 16.0. The first-order valence-electron chi connectivity index (χ1n) is 6.29. The summed E-state index contributed by atoms with van der Waals surface area (Å²) in [6, 6.07) is 7.95.